The monoisotopic (exact) mass is 732 g/mol. The summed E-state index contributed by atoms with van der Waals surface area (Å²) >= 11 is 8.86. The predicted octanol–water partition coefficient (Wildman–Crippen LogP) is 3.68. The Morgan fingerprint density at radius 2 is 0.618 bits per heavy atom. The van der Waals surface area contributed by atoms with Gasteiger partial charge in [-0.05, 0) is 84.2 Å². The third-order valence-electron chi connectivity index (χ3n) is 3.32. The van der Waals surface area contributed by atoms with Crippen LogP contribution in [0, 0.1) is 0 Å². The van der Waals surface area contributed by atoms with E-state index in [1.807, 2.05) is 0 Å². The van der Waals surface area contributed by atoms with Crippen molar-refractivity contribution in [1.82, 2.24) is 0 Å². The molecule has 0 N–H and O–H groups in total. The minimum Gasteiger partial charge on any atom is -0.744 e. The van der Waals surface area contributed by atoms with Gasteiger partial charge in [-0.3, -0.25) is 0 Å². The first-order valence-corrected chi connectivity index (χ1v) is 14.8. The fourth-order valence-corrected chi connectivity index (χ4v) is 6.24. The molecule has 180 valence electrons. The molecule has 9 nitrogen and oxygen atoms in total. The quantitative estimate of drug-likeness (QED) is 0.288. The maximum atomic E-state index is 10.5. The molecule has 0 spiro atoms. The molecule has 0 aliphatic carbocycles. The number of benzene rings is 3. The van der Waals surface area contributed by atoms with Crippen molar-refractivity contribution in [3.63, 3.8) is 0 Å². The van der Waals surface area contributed by atoms with Gasteiger partial charge in [0.05, 0.1) is 14.7 Å². The van der Waals surface area contributed by atoms with Crippen molar-refractivity contribution in [1.29, 1.82) is 0 Å². The van der Waals surface area contributed by atoms with Crippen LogP contribution in [0.4, 0.5) is 0 Å². The first-order chi connectivity index (χ1) is 15.0. The van der Waals surface area contributed by atoms with E-state index in [9.17, 15) is 38.9 Å². The van der Waals surface area contributed by atoms with Crippen molar-refractivity contribution in [3.8, 4) is 0 Å². The van der Waals surface area contributed by atoms with E-state index >= 15 is 0 Å². The largest absolute Gasteiger partial charge is 3.00 e. The SMILES string of the molecule is O=S(=O)([O-])c1ccccc1Br.O=S(=O)([O-])c1ccccc1Br.O=S(=O)([O-])c1ccccc1Br.[Al+3]. The van der Waals surface area contributed by atoms with E-state index in [1.165, 1.54) is 54.6 Å². The Hall–Kier alpha value is -0.638. The molecule has 0 amide bonds. The minimum atomic E-state index is -4.33. The molecular formula is C18H12AlBr3O9S3. The maximum absolute atomic E-state index is 10.5. The molecule has 0 aliphatic rings. The van der Waals surface area contributed by atoms with Gasteiger partial charge in [0, 0.05) is 13.4 Å². The second-order valence-electron chi connectivity index (χ2n) is 5.65. The van der Waals surface area contributed by atoms with E-state index in [1.54, 1.807) is 18.2 Å². The van der Waals surface area contributed by atoms with Crippen molar-refractivity contribution >= 4 is 95.5 Å². The molecule has 3 aromatic rings. The summed E-state index contributed by atoms with van der Waals surface area (Å²) in [7, 11) is -13.0. The molecule has 3 rings (SSSR count). The molecule has 0 saturated carbocycles. The van der Waals surface area contributed by atoms with Gasteiger partial charge in [0.1, 0.15) is 30.4 Å². The van der Waals surface area contributed by atoms with Crippen molar-refractivity contribution in [2.75, 3.05) is 0 Å². The van der Waals surface area contributed by atoms with Crippen LogP contribution in [-0.2, 0) is 30.4 Å². The summed E-state index contributed by atoms with van der Waals surface area (Å²) in [4.78, 5) is -0.667. The van der Waals surface area contributed by atoms with Gasteiger partial charge < -0.3 is 13.7 Å². The van der Waals surface area contributed by atoms with Crippen molar-refractivity contribution in [2.45, 2.75) is 14.7 Å². The van der Waals surface area contributed by atoms with E-state index < -0.39 is 30.4 Å². The topological polar surface area (TPSA) is 172 Å². The van der Waals surface area contributed by atoms with Gasteiger partial charge >= 0.3 is 17.4 Å². The molecule has 0 heterocycles. The van der Waals surface area contributed by atoms with Crippen LogP contribution in [0.15, 0.2) is 101 Å². The van der Waals surface area contributed by atoms with Crippen LogP contribution in [0.2, 0.25) is 0 Å². The van der Waals surface area contributed by atoms with Gasteiger partial charge in [-0.25, -0.2) is 25.3 Å². The van der Waals surface area contributed by atoms with Crippen molar-refractivity contribution in [2.24, 2.45) is 0 Å². The molecule has 0 radical (unpaired) electrons. The Balaban J connectivity index is 0.000000473. The Morgan fingerprint density at radius 1 is 0.441 bits per heavy atom. The van der Waals surface area contributed by atoms with Crippen LogP contribution in [0.1, 0.15) is 0 Å². The zero-order valence-corrected chi connectivity index (χ0v) is 24.9. The summed E-state index contributed by atoms with van der Waals surface area (Å²) in [6, 6.07) is 17.7. The fourth-order valence-electron chi connectivity index (χ4n) is 1.94. The molecule has 34 heavy (non-hydrogen) atoms. The molecule has 3 aromatic carbocycles. The Kier molecular flexibility index (Phi) is 13.9. The normalized spacial score (nSPS) is 11.1. The minimum absolute atomic E-state index is 0. The maximum Gasteiger partial charge on any atom is 3.00 e. The van der Waals surface area contributed by atoms with Gasteiger partial charge in [0.15, 0.2) is 0 Å². The predicted molar refractivity (Wildman–Crippen MR) is 132 cm³/mol. The fraction of sp³-hybridized carbons (Fsp3) is 0. The first kappa shape index (κ1) is 33.4. The van der Waals surface area contributed by atoms with Crippen LogP contribution in [0.3, 0.4) is 0 Å². The summed E-state index contributed by atoms with van der Waals surface area (Å²) in [6.45, 7) is 0. The number of hydrogen-bond acceptors (Lipinski definition) is 9. The molecule has 0 fully saturated rings. The second kappa shape index (κ2) is 14.2. The van der Waals surface area contributed by atoms with Gasteiger partial charge in [-0.15, -0.1) is 0 Å². The number of halogens is 3. The molecule has 0 saturated heterocycles. The van der Waals surface area contributed by atoms with E-state index in [2.05, 4.69) is 47.8 Å². The first-order valence-electron chi connectivity index (χ1n) is 8.16. The summed E-state index contributed by atoms with van der Waals surface area (Å²) in [5, 5.41) is 0. The summed E-state index contributed by atoms with van der Waals surface area (Å²) in [6.07, 6.45) is 0. The van der Waals surface area contributed by atoms with E-state index in [4.69, 9.17) is 0 Å². The molecule has 0 aromatic heterocycles. The summed E-state index contributed by atoms with van der Waals surface area (Å²) in [5.74, 6) is 0. The number of rotatable bonds is 3. The van der Waals surface area contributed by atoms with Crippen LogP contribution < -0.4 is 0 Å². The zero-order chi connectivity index (χ0) is 25.4. The zero-order valence-electron chi connectivity index (χ0n) is 16.5. The van der Waals surface area contributed by atoms with Crippen LogP contribution in [-0.4, -0.2) is 56.3 Å². The Labute approximate surface area is 233 Å². The van der Waals surface area contributed by atoms with Gasteiger partial charge in [0.25, 0.3) is 0 Å². The molecule has 0 aliphatic heterocycles. The van der Waals surface area contributed by atoms with Crippen molar-refractivity contribution in [3.05, 3.63) is 86.2 Å². The Morgan fingerprint density at radius 3 is 0.735 bits per heavy atom. The third kappa shape index (κ3) is 11.4. The van der Waals surface area contributed by atoms with Gasteiger partial charge in [0.2, 0.25) is 0 Å². The van der Waals surface area contributed by atoms with Gasteiger partial charge in [-0.1, -0.05) is 36.4 Å². The van der Waals surface area contributed by atoms with Crippen LogP contribution >= 0.6 is 47.8 Å². The molecule has 0 unspecified atom stereocenters. The molecular weight excluding hydrogens is 723 g/mol. The average Bonchev–Trinajstić information content (AvgIpc) is 2.67. The van der Waals surface area contributed by atoms with Crippen molar-refractivity contribution < 1.29 is 38.9 Å². The van der Waals surface area contributed by atoms with E-state index in [0.717, 1.165) is 0 Å². The molecule has 0 atom stereocenters. The Bertz CT molecular complexity index is 1250. The second-order valence-corrected chi connectivity index (χ2v) is 12.3. The van der Waals surface area contributed by atoms with E-state index in [-0.39, 0.29) is 32.0 Å². The standard InChI is InChI=1S/3C6H5BrO3S.Al/c3*7-5-3-1-2-4-6(5)11(8,9)10;/h3*1-4H,(H,8,9,10);/q;;;+3/p-3. The smallest absolute Gasteiger partial charge is 0.744 e. The van der Waals surface area contributed by atoms with E-state index in [0.29, 0.717) is 13.4 Å². The number of hydrogen-bond donors (Lipinski definition) is 0. The third-order valence-corrected chi connectivity index (χ3v) is 8.86. The summed E-state index contributed by atoms with van der Waals surface area (Å²) < 4.78 is 95.1. The molecule has 16 heteroatoms. The molecule has 0 bridgehead atoms. The van der Waals surface area contributed by atoms with Gasteiger partial charge in [-0.2, -0.15) is 0 Å². The van der Waals surface area contributed by atoms with Crippen LogP contribution in [0.5, 0.6) is 0 Å². The average molecular weight is 735 g/mol. The summed E-state index contributed by atoms with van der Waals surface area (Å²) in [5.41, 5.74) is 0. The van der Waals surface area contributed by atoms with Crippen LogP contribution in [0.25, 0.3) is 0 Å².